The molecule has 4 rings (SSSR count). The van der Waals surface area contributed by atoms with Crippen molar-refractivity contribution >= 4 is 57.6 Å². The van der Waals surface area contributed by atoms with E-state index in [-0.39, 0.29) is 23.9 Å². The van der Waals surface area contributed by atoms with Gasteiger partial charge in [-0.2, -0.15) is 5.10 Å². The van der Waals surface area contributed by atoms with Crippen LogP contribution in [0.4, 0.5) is 17.1 Å². The number of hydrazone groups is 1. The van der Waals surface area contributed by atoms with Crippen LogP contribution >= 0.6 is 23.5 Å². The summed E-state index contributed by atoms with van der Waals surface area (Å²) >= 11 is 2.27. The molecule has 0 N–H and O–H groups in total. The van der Waals surface area contributed by atoms with E-state index in [9.17, 15) is 19.7 Å². The fraction of sp³-hybridized carbons (Fsp3) is 0.261. The SMILES string of the molecule is CCOC(=O)C1=NN(c2cccc([N+](=O)[O-])c2)[C@@]2(S1)SC(C(=O)OCC)=C(C)N2c1ccccc1. The van der Waals surface area contributed by atoms with Crippen molar-refractivity contribution in [2.45, 2.75) is 25.1 Å². The van der Waals surface area contributed by atoms with Crippen LogP contribution < -0.4 is 9.91 Å². The molecule has 0 aliphatic carbocycles. The number of allylic oxidation sites excluding steroid dienone is 1. The number of non-ortho nitro benzene ring substituents is 1. The normalized spacial score (nSPS) is 19.2. The second kappa shape index (κ2) is 10.0. The standard InChI is InChI=1S/C23H22N4O6S2/c1-4-32-21(28)19-15(3)25(16-10-7-6-8-11-16)23(34-19)26(24-20(35-23)22(29)33-5-2)17-12-9-13-18(14-17)27(30)31/h6-14H,4-5H2,1-3H3/t23-/m1/s1. The number of hydrogen-bond acceptors (Lipinski definition) is 11. The maximum atomic E-state index is 12.9. The fourth-order valence-corrected chi connectivity index (χ4v) is 6.62. The van der Waals surface area contributed by atoms with Crippen molar-refractivity contribution in [2.75, 3.05) is 23.1 Å². The largest absolute Gasteiger partial charge is 0.462 e. The third-order valence-corrected chi connectivity index (χ3v) is 7.93. The third kappa shape index (κ3) is 4.46. The van der Waals surface area contributed by atoms with Gasteiger partial charge in [-0.15, -0.1) is 0 Å². The molecule has 10 nitrogen and oxygen atoms in total. The third-order valence-electron chi connectivity index (χ3n) is 5.08. The summed E-state index contributed by atoms with van der Waals surface area (Å²) in [6, 6.07) is 15.3. The van der Waals surface area contributed by atoms with Crippen molar-refractivity contribution in [3.8, 4) is 0 Å². The lowest BCUT2D eigenvalue weighted by atomic mass is 10.2. The number of carbonyl (C=O) groups is 2. The molecule has 0 unspecified atom stereocenters. The number of para-hydroxylation sites is 1. The Morgan fingerprint density at radius 3 is 2.31 bits per heavy atom. The molecule has 0 radical (unpaired) electrons. The number of esters is 2. The summed E-state index contributed by atoms with van der Waals surface area (Å²) in [6.07, 6.45) is 0. The first-order valence-electron chi connectivity index (χ1n) is 10.7. The Hall–Kier alpha value is -3.51. The van der Waals surface area contributed by atoms with Crippen molar-refractivity contribution in [3.63, 3.8) is 0 Å². The van der Waals surface area contributed by atoms with E-state index in [1.54, 1.807) is 32.9 Å². The lowest BCUT2D eigenvalue weighted by Gasteiger charge is -2.41. The van der Waals surface area contributed by atoms with Crippen LogP contribution in [-0.4, -0.2) is 39.4 Å². The Labute approximate surface area is 210 Å². The van der Waals surface area contributed by atoms with Gasteiger partial charge in [0.15, 0.2) is 0 Å². The van der Waals surface area contributed by atoms with Gasteiger partial charge in [-0.25, -0.2) is 14.6 Å². The lowest BCUT2D eigenvalue weighted by molar-refractivity contribution is -0.384. The van der Waals surface area contributed by atoms with Gasteiger partial charge in [0.25, 0.3) is 5.69 Å². The Balaban J connectivity index is 1.90. The van der Waals surface area contributed by atoms with Crippen LogP contribution in [0, 0.1) is 10.1 Å². The minimum absolute atomic E-state index is 0.0599. The monoisotopic (exact) mass is 514 g/mol. The highest BCUT2D eigenvalue weighted by Gasteiger charge is 2.58. The average Bonchev–Trinajstić information content (AvgIpc) is 3.37. The van der Waals surface area contributed by atoms with Crippen molar-refractivity contribution in [3.05, 3.63) is 75.3 Å². The van der Waals surface area contributed by atoms with Crippen LogP contribution in [-0.2, 0) is 19.1 Å². The van der Waals surface area contributed by atoms with Gasteiger partial charge in [0.1, 0.15) is 4.91 Å². The average molecular weight is 515 g/mol. The molecule has 0 fully saturated rings. The van der Waals surface area contributed by atoms with Crippen LogP contribution in [0.1, 0.15) is 20.8 Å². The second-order valence-electron chi connectivity index (χ2n) is 7.27. The second-order valence-corrected chi connectivity index (χ2v) is 9.87. The van der Waals surface area contributed by atoms with E-state index in [1.165, 1.54) is 17.1 Å². The predicted molar refractivity (Wildman–Crippen MR) is 136 cm³/mol. The maximum Gasteiger partial charge on any atom is 0.365 e. The van der Waals surface area contributed by atoms with Crippen LogP contribution in [0.3, 0.4) is 0 Å². The number of ether oxygens (including phenoxy) is 2. The highest BCUT2D eigenvalue weighted by atomic mass is 32.2. The minimum Gasteiger partial charge on any atom is -0.462 e. The van der Waals surface area contributed by atoms with Crippen molar-refractivity contribution in [1.82, 2.24) is 0 Å². The van der Waals surface area contributed by atoms with E-state index < -0.39 is 21.2 Å². The number of nitro benzene ring substituents is 1. The zero-order chi connectivity index (χ0) is 25.2. The molecule has 1 spiro atoms. The van der Waals surface area contributed by atoms with Gasteiger partial charge < -0.3 is 14.4 Å². The summed E-state index contributed by atoms with van der Waals surface area (Å²) < 4.78 is 9.28. The van der Waals surface area contributed by atoms with Crippen molar-refractivity contribution in [2.24, 2.45) is 5.10 Å². The first kappa shape index (κ1) is 24.6. The molecule has 0 aromatic heterocycles. The number of carbonyl (C=O) groups excluding carboxylic acids is 2. The van der Waals surface area contributed by atoms with Crippen LogP contribution in [0.25, 0.3) is 0 Å². The Morgan fingerprint density at radius 1 is 1.00 bits per heavy atom. The highest BCUT2D eigenvalue weighted by Crippen LogP contribution is 2.60. The molecular formula is C23H22N4O6S2. The molecule has 0 bridgehead atoms. The Kier molecular flexibility index (Phi) is 7.03. The van der Waals surface area contributed by atoms with E-state index in [0.717, 1.165) is 29.2 Å². The molecular weight excluding hydrogens is 492 g/mol. The van der Waals surface area contributed by atoms with E-state index in [0.29, 0.717) is 16.3 Å². The Morgan fingerprint density at radius 2 is 1.66 bits per heavy atom. The molecule has 12 heteroatoms. The van der Waals surface area contributed by atoms with Gasteiger partial charge >= 0.3 is 11.9 Å². The van der Waals surface area contributed by atoms with Gasteiger partial charge in [0.2, 0.25) is 9.37 Å². The zero-order valence-electron chi connectivity index (χ0n) is 19.2. The fourth-order valence-electron chi connectivity index (χ4n) is 3.67. The van der Waals surface area contributed by atoms with Gasteiger partial charge in [0, 0.05) is 23.5 Å². The number of rotatable bonds is 7. The Bertz CT molecular complexity index is 1240. The molecule has 0 saturated heterocycles. The molecule has 2 aromatic carbocycles. The number of hydrogen-bond donors (Lipinski definition) is 0. The van der Waals surface area contributed by atoms with Crippen LogP contribution in [0.15, 0.2) is 70.3 Å². The molecule has 1 atom stereocenters. The molecule has 2 aromatic rings. The topological polar surface area (TPSA) is 115 Å². The molecule has 2 heterocycles. The molecule has 0 saturated carbocycles. The summed E-state index contributed by atoms with van der Waals surface area (Å²) in [7, 11) is 0. The van der Waals surface area contributed by atoms with E-state index >= 15 is 0 Å². The molecule has 0 amide bonds. The van der Waals surface area contributed by atoms with E-state index in [2.05, 4.69) is 5.10 Å². The molecule has 2 aliphatic rings. The van der Waals surface area contributed by atoms with E-state index in [1.807, 2.05) is 35.2 Å². The van der Waals surface area contributed by atoms with E-state index in [4.69, 9.17) is 9.47 Å². The lowest BCUT2D eigenvalue weighted by Crippen LogP contribution is -2.49. The number of benzene rings is 2. The molecule has 182 valence electrons. The first-order valence-corrected chi connectivity index (χ1v) is 12.4. The molecule has 35 heavy (non-hydrogen) atoms. The highest BCUT2D eigenvalue weighted by molar-refractivity contribution is 8.29. The van der Waals surface area contributed by atoms with Gasteiger partial charge in [0.05, 0.1) is 23.8 Å². The number of thioether (sulfide) groups is 2. The van der Waals surface area contributed by atoms with Crippen molar-refractivity contribution < 1.29 is 24.0 Å². The summed E-state index contributed by atoms with van der Waals surface area (Å²) in [5.74, 6) is -1.13. The van der Waals surface area contributed by atoms with Gasteiger partial charge in [-0.1, -0.05) is 36.0 Å². The van der Waals surface area contributed by atoms with Gasteiger partial charge in [-0.3, -0.25) is 10.1 Å². The first-order chi connectivity index (χ1) is 16.8. The minimum atomic E-state index is -1.22. The zero-order valence-corrected chi connectivity index (χ0v) is 20.8. The number of anilines is 2. The summed E-state index contributed by atoms with van der Waals surface area (Å²) in [4.78, 5) is 38.8. The quantitative estimate of drug-likeness (QED) is 0.293. The van der Waals surface area contributed by atoms with Crippen molar-refractivity contribution in [1.29, 1.82) is 0 Å². The summed E-state index contributed by atoms with van der Waals surface area (Å²) in [6.45, 7) is 5.55. The summed E-state index contributed by atoms with van der Waals surface area (Å²) in [5.41, 5.74) is 1.58. The van der Waals surface area contributed by atoms with Gasteiger partial charge in [-0.05, 0) is 50.7 Å². The number of nitro groups is 1. The summed E-state index contributed by atoms with van der Waals surface area (Å²) in [5, 5.41) is 17.6. The van der Waals surface area contributed by atoms with Crippen LogP contribution in [0.2, 0.25) is 0 Å². The smallest absolute Gasteiger partial charge is 0.365 e. The number of nitrogens with zero attached hydrogens (tertiary/aromatic N) is 4. The maximum absolute atomic E-state index is 12.9. The predicted octanol–water partition coefficient (Wildman–Crippen LogP) is 4.68. The van der Waals surface area contributed by atoms with Crippen LogP contribution in [0.5, 0.6) is 0 Å². The molecule has 2 aliphatic heterocycles.